The van der Waals surface area contributed by atoms with Gasteiger partial charge in [0.2, 0.25) is 0 Å². The Kier molecular flexibility index (Phi) is 4.58. The van der Waals surface area contributed by atoms with Crippen molar-refractivity contribution in [1.29, 1.82) is 0 Å². The molecule has 1 atom stereocenters. The molecular formula is C13H16O3. The highest BCUT2D eigenvalue weighted by molar-refractivity contribution is 5.74. The number of esters is 1. The number of rotatable bonds is 5. The van der Waals surface area contributed by atoms with E-state index in [0.717, 1.165) is 11.3 Å². The molecule has 0 amide bonds. The minimum Gasteiger partial charge on any atom is -0.497 e. The van der Waals surface area contributed by atoms with Crippen molar-refractivity contribution in [3.8, 4) is 5.75 Å². The van der Waals surface area contributed by atoms with Crippen LogP contribution in [0.5, 0.6) is 5.75 Å². The van der Waals surface area contributed by atoms with Gasteiger partial charge in [-0.1, -0.05) is 18.2 Å². The lowest BCUT2D eigenvalue weighted by molar-refractivity contribution is -0.143. The van der Waals surface area contributed by atoms with Gasteiger partial charge in [-0.2, -0.15) is 0 Å². The molecule has 0 saturated heterocycles. The van der Waals surface area contributed by atoms with E-state index in [4.69, 9.17) is 4.74 Å². The number of carbonyl (C=O) groups is 1. The first-order valence-corrected chi connectivity index (χ1v) is 5.04. The minimum absolute atomic E-state index is 0.259. The molecule has 1 rings (SSSR count). The van der Waals surface area contributed by atoms with Crippen molar-refractivity contribution in [3.63, 3.8) is 0 Å². The number of benzene rings is 1. The third-order valence-electron chi connectivity index (χ3n) is 2.40. The van der Waals surface area contributed by atoms with E-state index in [9.17, 15) is 4.79 Å². The second kappa shape index (κ2) is 5.95. The summed E-state index contributed by atoms with van der Waals surface area (Å²) in [6.45, 7) is 3.63. The number of hydrogen-bond donors (Lipinski definition) is 0. The Labute approximate surface area is 95.7 Å². The van der Waals surface area contributed by atoms with Gasteiger partial charge in [-0.3, -0.25) is 4.79 Å². The van der Waals surface area contributed by atoms with Gasteiger partial charge in [0.05, 0.1) is 20.1 Å². The van der Waals surface area contributed by atoms with Crippen molar-refractivity contribution in [2.75, 3.05) is 14.2 Å². The van der Waals surface area contributed by atoms with Crippen LogP contribution in [0.4, 0.5) is 0 Å². The fraction of sp³-hybridized carbons (Fsp3) is 0.308. The van der Waals surface area contributed by atoms with Crippen LogP contribution in [-0.4, -0.2) is 20.2 Å². The summed E-state index contributed by atoms with van der Waals surface area (Å²) in [5, 5.41) is 0. The summed E-state index contributed by atoms with van der Waals surface area (Å²) >= 11 is 0. The first kappa shape index (κ1) is 12.3. The van der Waals surface area contributed by atoms with E-state index in [2.05, 4.69) is 11.3 Å². The highest BCUT2D eigenvalue weighted by Crippen LogP contribution is 2.15. The van der Waals surface area contributed by atoms with Crippen molar-refractivity contribution in [1.82, 2.24) is 0 Å². The Bertz CT molecular complexity index is 354. The summed E-state index contributed by atoms with van der Waals surface area (Å²) in [4.78, 5) is 11.4. The molecule has 0 aliphatic rings. The molecule has 1 aromatic rings. The van der Waals surface area contributed by atoms with Gasteiger partial charge in [0, 0.05) is 0 Å². The molecule has 3 nitrogen and oxygen atoms in total. The number of hydrogen-bond acceptors (Lipinski definition) is 3. The monoisotopic (exact) mass is 220 g/mol. The molecule has 0 aliphatic heterocycles. The van der Waals surface area contributed by atoms with Gasteiger partial charge in [0.15, 0.2) is 0 Å². The van der Waals surface area contributed by atoms with Gasteiger partial charge in [0.1, 0.15) is 5.75 Å². The van der Waals surface area contributed by atoms with Crippen LogP contribution in [0.1, 0.15) is 5.56 Å². The van der Waals surface area contributed by atoms with Crippen LogP contribution >= 0.6 is 0 Å². The quantitative estimate of drug-likeness (QED) is 0.563. The second-order valence-electron chi connectivity index (χ2n) is 3.42. The lowest BCUT2D eigenvalue weighted by Crippen LogP contribution is -2.16. The van der Waals surface area contributed by atoms with E-state index < -0.39 is 0 Å². The predicted octanol–water partition coefficient (Wildman–Crippen LogP) is 2.21. The minimum atomic E-state index is -0.293. The Morgan fingerprint density at radius 1 is 1.38 bits per heavy atom. The van der Waals surface area contributed by atoms with Crippen molar-refractivity contribution in [2.24, 2.45) is 5.92 Å². The maximum absolute atomic E-state index is 11.4. The molecular weight excluding hydrogens is 204 g/mol. The molecule has 0 radical (unpaired) electrons. The molecule has 0 spiro atoms. The van der Waals surface area contributed by atoms with E-state index in [0.29, 0.717) is 6.42 Å². The molecule has 0 aromatic heterocycles. The summed E-state index contributed by atoms with van der Waals surface area (Å²) in [5.41, 5.74) is 1.05. The van der Waals surface area contributed by atoms with Crippen molar-refractivity contribution in [3.05, 3.63) is 42.5 Å². The average Bonchev–Trinajstić information content (AvgIpc) is 2.35. The summed E-state index contributed by atoms with van der Waals surface area (Å²) < 4.78 is 9.74. The second-order valence-corrected chi connectivity index (χ2v) is 3.42. The van der Waals surface area contributed by atoms with E-state index in [-0.39, 0.29) is 11.9 Å². The molecule has 1 unspecified atom stereocenters. The van der Waals surface area contributed by atoms with Crippen LogP contribution in [-0.2, 0) is 16.0 Å². The molecule has 1 aromatic carbocycles. The Morgan fingerprint density at radius 2 is 2.00 bits per heavy atom. The van der Waals surface area contributed by atoms with Crippen LogP contribution in [0.25, 0.3) is 0 Å². The fourth-order valence-corrected chi connectivity index (χ4v) is 1.43. The average molecular weight is 220 g/mol. The molecule has 16 heavy (non-hydrogen) atoms. The van der Waals surface area contributed by atoms with Gasteiger partial charge in [-0.25, -0.2) is 0 Å². The van der Waals surface area contributed by atoms with E-state index >= 15 is 0 Å². The fourth-order valence-electron chi connectivity index (χ4n) is 1.43. The van der Waals surface area contributed by atoms with Gasteiger partial charge in [0.25, 0.3) is 0 Å². The lowest BCUT2D eigenvalue weighted by Gasteiger charge is -2.10. The van der Waals surface area contributed by atoms with Crippen molar-refractivity contribution >= 4 is 5.97 Å². The molecule has 86 valence electrons. The molecule has 0 heterocycles. The normalized spacial score (nSPS) is 11.6. The highest BCUT2D eigenvalue weighted by atomic mass is 16.5. The molecule has 3 heteroatoms. The molecule has 0 saturated carbocycles. The van der Waals surface area contributed by atoms with Gasteiger partial charge in [-0.05, 0) is 24.1 Å². The summed E-state index contributed by atoms with van der Waals surface area (Å²) in [5.74, 6) is 0.251. The SMILES string of the molecule is C=CC(Cc1ccc(OC)cc1)C(=O)OC. The number of methoxy groups -OCH3 is 2. The van der Waals surface area contributed by atoms with E-state index in [1.54, 1.807) is 13.2 Å². The van der Waals surface area contributed by atoms with E-state index in [1.165, 1.54) is 7.11 Å². The molecule has 0 N–H and O–H groups in total. The molecule has 0 aliphatic carbocycles. The smallest absolute Gasteiger partial charge is 0.312 e. The zero-order valence-electron chi connectivity index (χ0n) is 9.60. The lowest BCUT2D eigenvalue weighted by atomic mass is 9.99. The topological polar surface area (TPSA) is 35.5 Å². The summed E-state index contributed by atoms with van der Waals surface area (Å²) in [6, 6.07) is 7.59. The van der Waals surface area contributed by atoms with Crippen molar-refractivity contribution < 1.29 is 14.3 Å². The molecule has 0 fully saturated rings. The summed E-state index contributed by atoms with van der Waals surface area (Å²) in [6.07, 6.45) is 2.20. The van der Waals surface area contributed by atoms with Gasteiger partial charge in [-0.15, -0.1) is 6.58 Å². The van der Waals surface area contributed by atoms with Crippen molar-refractivity contribution in [2.45, 2.75) is 6.42 Å². The third kappa shape index (κ3) is 3.12. The Hall–Kier alpha value is -1.77. The number of carbonyl (C=O) groups excluding carboxylic acids is 1. The maximum atomic E-state index is 11.4. The summed E-state index contributed by atoms with van der Waals surface area (Å²) in [7, 11) is 3.00. The first-order valence-electron chi connectivity index (χ1n) is 5.04. The maximum Gasteiger partial charge on any atom is 0.312 e. The van der Waals surface area contributed by atoms with Crippen LogP contribution in [0.15, 0.2) is 36.9 Å². The van der Waals surface area contributed by atoms with Gasteiger partial charge < -0.3 is 9.47 Å². The third-order valence-corrected chi connectivity index (χ3v) is 2.40. The number of ether oxygens (including phenoxy) is 2. The van der Waals surface area contributed by atoms with E-state index in [1.807, 2.05) is 24.3 Å². The first-order chi connectivity index (χ1) is 7.71. The van der Waals surface area contributed by atoms with Crippen LogP contribution in [0, 0.1) is 5.92 Å². The molecule has 0 bridgehead atoms. The van der Waals surface area contributed by atoms with Gasteiger partial charge >= 0.3 is 5.97 Å². The van der Waals surface area contributed by atoms with Crippen LogP contribution in [0.3, 0.4) is 0 Å². The predicted molar refractivity (Wildman–Crippen MR) is 62.4 cm³/mol. The Balaban J connectivity index is 2.70. The zero-order chi connectivity index (χ0) is 12.0. The van der Waals surface area contributed by atoms with Crippen LogP contribution < -0.4 is 4.74 Å². The standard InChI is InChI=1S/C13H16O3/c1-4-11(13(14)16-3)9-10-5-7-12(15-2)8-6-10/h4-8,11H,1,9H2,2-3H3. The highest BCUT2D eigenvalue weighted by Gasteiger charge is 2.15. The Morgan fingerprint density at radius 3 is 2.44 bits per heavy atom. The zero-order valence-corrected chi connectivity index (χ0v) is 9.60. The largest absolute Gasteiger partial charge is 0.497 e. The van der Waals surface area contributed by atoms with Crippen LogP contribution in [0.2, 0.25) is 0 Å².